The minimum Gasteiger partial charge on any atom is -0.385 e. The molecule has 0 saturated carbocycles. The fourth-order valence-electron chi connectivity index (χ4n) is 1.39. The molecule has 0 radical (unpaired) electrons. The second kappa shape index (κ2) is 7.54. The van der Waals surface area contributed by atoms with Crippen LogP contribution in [0.3, 0.4) is 0 Å². The summed E-state index contributed by atoms with van der Waals surface area (Å²) in [6.07, 6.45) is 0.851. The zero-order valence-corrected chi connectivity index (χ0v) is 10.5. The van der Waals surface area contributed by atoms with E-state index in [4.69, 9.17) is 10.5 Å². The van der Waals surface area contributed by atoms with E-state index in [0.717, 1.165) is 17.5 Å². The van der Waals surface area contributed by atoms with Crippen LogP contribution >= 0.6 is 0 Å². The predicted molar refractivity (Wildman–Crippen MR) is 67.5 cm³/mol. The minimum atomic E-state index is -0.792. The molecule has 0 aliphatic rings. The predicted octanol–water partition coefficient (Wildman–Crippen LogP) is 1.43. The fourth-order valence-corrected chi connectivity index (χ4v) is 2.54. The third kappa shape index (κ3) is 4.88. The van der Waals surface area contributed by atoms with Crippen molar-refractivity contribution >= 4 is 10.8 Å². The maximum Gasteiger partial charge on any atom is 0.0485 e. The summed E-state index contributed by atoms with van der Waals surface area (Å²) in [7, 11) is 0.869. The van der Waals surface area contributed by atoms with Crippen LogP contribution in [0.5, 0.6) is 0 Å². The fraction of sp³-hybridized carbons (Fsp3) is 0.500. The van der Waals surface area contributed by atoms with Gasteiger partial charge in [-0.15, -0.1) is 0 Å². The Labute approximate surface area is 99.4 Å². The van der Waals surface area contributed by atoms with Crippen LogP contribution < -0.4 is 5.73 Å². The first kappa shape index (κ1) is 13.4. The third-order valence-corrected chi connectivity index (χ3v) is 3.71. The van der Waals surface area contributed by atoms with E-state index in [1.807, 2.05) is 24.3 Å². The molecule has 90 valence electrons. The molecule has 0 aliphatic heterocycles. The zero-order valence-electron chi connectivity index (χ0n) is 9.65. The second-order valence-electron chi connectivity index (χ2n) is 3.66. The Bertz CT molecular complexity index is 324. The van der Waals surface area contributed by atoms with Crippen molar-refractivity contribution in [2.24, 2.45) is 5.73 Å². The summed E-state index contributed by atoms with van der Waals surface area (Å²) < 4.78 is 16.6. The van der Waals surface area contributed by atoms with E-state index in [9.17, 15) is 4.21 Å². The Balaban J connectivity index is 2.37. The zero-order chi connectivity index (χ0) is 11.8. The van der Waals surface area contributed by atoms with Gasteiger partial charge in [0.1, 0.15) is 0 Å². The lowest BCUT2D eigenvalue weighted by atomic mass is 10.1. The lowest BCUT2D eigenvalue weighted by molar-refractivity contribution is 0.200. The Kier molecular flexibility index (Phi) is 6.30. The van der Waals surface area contributed by atoms with Gasteiger partial charge in [0.25, 0.3) is 0 Å². The molecule has 2 N–H and O–H groups in total. The molecule has 0 heterocycles. The van der Waals surface area contributed by atoms with E-state index in [1.165, 1.54) is 0 Å². The summed E-state index contributed by atoms with van der Waals surface area (Å²) in [5.74, 6) is 1.32. The molecule has 0 fully saturated rings. The van der Waals surface area contributed by atoms with Crippen molar-refractivity contribution in [3.63, 3.8) is 0 Å². The summed E-state index contributed by atoms with van der Waals surface area (Å²) in [5, 5.41) is 0. The lowest BCUT2D eigenvalue weighted by Gasteiger charge is -2.03. The van der Waals surface area contributed by atoms with Gasteiger partial charge in [0, 0.05) is 42.6 Å². The molecule has 0 bridgehead atoms. The van der Waals surface area contributed by atoms with Crippen LogP contribution in [0, 0.1) is 0 Å². The standard InChI is InChI=1S/C12H19NO2S/c1-15-7-2-8-16(14)10-12-5-3-11(9-13)4-6-12/h3-6H,2,7-10,13H2,1H3. The van der Waals surface area contributed by atoms with Crippen LogP contribution in [0.25, 0.3) is 0 Å². The van der Waals surface area contributed by atoms with Gasteiger partial charge in [-0.05, 0) is 17.5 Å². The molecule has 0 aliphatic carbocycles. The van der Waals surface area contributed by atoms with Crippen molar-refractivity contribution in [2.45, 2.75) is 18.7 Å². The molecular weight excluding hydrogens is 222 g/mol. The van der Waals surface area contributed by atoms with Crippen molar-refractivity contribution in [1.82, 2.24) is 0 Å². The van der Waals surface area contributed by atoms with Crippen LogP contribution in [-0.2, 0) is 27.8 Å². The highest BCUT2D eigenvalue weighted by atomic mass is 32.2. The first-order valence-corrected chi connectivity index (χ1v) is 6.87. The van der Waals surface area contributed by atoms with Gasteiger partial charge in [0.2, 0.25) is 0 Å². The number of nitrogens with two attached hydrogens (primary N) is 1. The van der Waals surface area contributed by atoms with E-state index in [1.54, 1.807) is 7.11 Å². The Morgan fingerprint density at radius 3 is 2.44 bits per heavy atom. The highest BCUT2D eigenvalue weighted by Gasteiger charge is 2.01. The molecule has 1 aromatic rings. The van der Waals surface area contributed by atoms with Crippen LogP contribution in [0.1, 0.15) is 17.5 Å². The van der Waals surface area contributed by atoms with Crippen molar-refractivity contribution < 1.29 is 8.95 Å². The molecule has 4 heteroatoms. The van der Waals surface area contributed by atoms with Gasteiger partial charge in [-0.25, -0.2) is 0 Å². The first-order chi connectivity index (χ1) is 7.76. The number of ether oxygens (including phenoxy) is 1. The van der Waals surface area contributed by atoms with Gasteiger partial charge in [-0.1, -0.05) is 24.3 Å². The van der Waals surface area contributed by atoms with Gasteiger partial charge in [0.15, 0.2) is 0 Å². The average Bonchev–Trinajstić information content (AvgIpc) is 2.30. The Morgan fingerprint density at radius 2 is 1.88 bits per heavy atom. The minimum absolute atomic E-state index is 0.553. The first-order valence-electron chi connectivity index (χ1n) is 5.38. The summed E-state index contributed by atoms with van der Waals surface area (Å²) in [6, 6.07) is 7.97. The van der Waals surface area contributed by atoms with Gasteiger partial charge in [-0.2, -0.15) is 0 Å². The number of methoxy groups -OCH3 is 1. The lowest BCUT2D eigenvalue weighted by Crippen LogP contribution is -2.04. The van der Waals surface area contributed by atoms with E-state index in [0.29, 0.717) is 24.7 Å². The highest BCUT2D eigenvalue weighted by molar-refractivity contribution is 7.84. The summed E-state index contributed by atoms with van der Waals surface area (Å²) in [4.78, 5) is 0. The number of rotatable bonds is 7. The topological polar surface area (TPSA) is 52.3 Å². The average molecular weight is 241 g/mol. The molecule has 1 rings (SSSR count). The number of hydrogen-bond acceptors (Lipinski definition) is 3. The monoisotopic (exact) mass is 241 g/mol. The molecule has 3 nitrogen and oxygen atoms in total. The van der Waals surface area contributed by atoms with E-state index in [-0.39, 0.29) is 0 Å². The maximum atomic E-state index is 11.7. The summed E-state index contributed by atoms with van der Waals surface area (Å²) in [6.45, 7) is 1.23. The van der Waals surface area contributed by atoms with E-state index >= 15 is 0 Å². The maximum absolute atomic E-state index is 11.7. The molecule has 1 atom stereocenters. The second-order valence-corrected chi connectivity index (χ2v) is 5.23. The van der Waals surface area contributed by atoms with Crippen molar-refractivity contribution in [2.75, 3.05) is 19.5 Å². The van der Waals surface area contributed by atoms with Crippen LogP contribution in [0.2, 0.25) is 0 Å². The smallest absolute Gasteiger partial charge is 0.0485 e. The summed E-state index contributed by atoms with van der Waals surface area (Å²) >= 11 is 0. The van der Waals surface area contributed by atoms with Crippen molar-refractivity contribution in [1.29, 1.82) is 0 Å². The van der Waals surface area contributed by atoms with E-state index in [2.05, 4.69) is 0 Å². The van der Waals surface area contributed by atoms with Gasteiger partial charge < -0.3 is 10.5 Å². The van der Waals surface area contributed by atoms with Crippen LogP contribution in [-0.4, -0.2) is 23.7 Å². The van der Waals surface area contributed by atoms with E-state index < -0.39 is 10.8 Å². The molecule has 1 unspecified atom stereocenters. The molecule has 0 saturated heterocycles. The van der Waals surface area contributed by atoms with Crippen molar-refractivity contribution in [3.8, 4) is 0 Å². The summed E-state index contributed by atoms with van der Waals surface area (Å²) in [5.41, 5.74) is 7.72. The molecule has 0 amide bonds. The highest BCUT2D eigenvalue weighted by Crippen LogP contribution is 2.07. The normalized spacial score (nSPS) is 12.6. The number of hydrogen-bond donors (Lipinski definition) is 1. The van der Waals surface area contributed by atoms with Crippen LogP contribution in [0.4, 0.5) is 0 Å². The Hall–Kier alpha value is -0.710. The quantitative estimate of drug-likeness (QED) is 0.735. The third-order valence-electron chi connectivity index (χ3n) is 2.31. The van der Waals surface area contributed by atoms with Crippen molar-refractivity contribution in [3.05, 3.63) is 35.4 Å². The molecular formula is C12H19NO2S. The SMILES string of the molecule is COCCCS(=O)Cc1ccc(CN)cc1. The molecule has 0 spiro atoms. The molecule has 16 heavy (non-hydrogen) atoms. The number of benzene rings is 1. The Morgan fingerprint density at radius 1 is 1.25 bits per heavy atom. The largest absolute Gasteiger partial charge is 0.385 e. The van der Waals surface area contributed by atoms with Crippen LogP contribution in [0.15, 0.2) is 24.3 Å². The molecule has 0 aromatic heterocycles. The van der Waals surface area contributed by atoms with Gasteiger partial charge in [-0.3, -0.25) is 4.21 Å². The van der Waals surface area contributed by atoms with Gasteiger partial charge >= 0.3 is 0 Å². The molecule has 1 aromatic carbocycles. The van der Waals surface area contributed by atoms with Gasteiger partial charge in [0.05, 0.1) is 0 Å².